The second-order valence-corrected chi connectivity index (χ2v) is 4.36. The zero-order chi connectivity index (χ0) is 11.4. The zero-order valence-electron chi connectivity index (χ0n) is 8.47. The summed E-state index contributed by atoms with van der Waals surface area (Å²) in [6.07, 6.45) is 3.64. The molecule has 0 atom stereocenters. The SMILES string of the molecule is Nc1nccc(/C=C(\I)c2ccccc2)n1. The third-order valence-corrected chi connectivity index (χ3v) is 2.95. The van der Waals surface area contributed by atoms with Crippen LogP contribution >= 0.6 is 22.6 Å². The minimum absolute atomic E-state index is 0.297. The number of nitrogen functional groups attached to an aromatic ring is 1. The average molecular weight is 323 g/mol. The van der Waals surface area contributed by atoms with Gasteiger partial charge in [-0.05, 0) is 40.3 Å². The van der Waals surface area contributed by atoms with Crippen molar-refractivity contribution in [2.24, 2.45) is 0 Å². The van der Waals surface area contributed by atoms with Crippen molar-refractivity contribution >= 4 is 38.2 Å². The van der Waals surface area contributed by atoms with E-state index in [4.69, 9.17) is 5.73 Å². The standard InChI is InChI=1S/C12H10IN3/c13-11(9-4-2-1-3-5-9)8-10-6-7-15-12(14)16-10/h1-8H,(H2,14,15,16)/b11-8-. The quantitative estimate of drug-likeness (QED) is 0.865. The molecule has 2 rings (SSSR count). The van der Waals surface area contributed by atoms with Gasteiger partial charge in [-0.25, -0.2) is 9.97 Å². The van der Waals surface area contributed by atoms with E-state index in [0.717, 1.165) is 9.27 Å². The van der Waals surface area contributed by atoms with Gasteiger partial charge in [0.2, 0.25) is 5.95 Å². The maximum absolute atomic E-state index is 5.52. The van der Waals surface area contributed by atoms with Crippen LogP contribution < -0.4 is 5.73 Å². The molecule has 3 nitrogen and oxygen atoms in total. The lowest BCUT2D eigenvalue weighted by atomic mass is 10.2. The van der Waals surface area contributed by atoms with E-state index >= 15 is 0 Å². The molecule has 2 N–H and O–H groups in total. The van der Waals surface area contributed by atoms with Gasteiger partial charge in [0.25, 0.3) is 0 Å². The molecule has 0 radical (unpaired) electrons. The first kappa shape index (κ1) is 11.1. The fraction of sp³-hybridized carbons (Fsp3) is 0. The lowest BCUT2D eigenvalue weighted by molar-refractivity contribution is 1.17. The Morgan fingerprint density at radius 1 is 1.19 bits per heavy atom. The van der Waals surface area contributed by atoms with Crippen molar-refractivity contribution < 1.29 is 0 Å². The van der Waals surface area contributed by atoms with Gasteiger partial charge < -0.3 is 5.73 Å². The van der Waals surface area contributed by atoms with E-state index in [1.165, 1.54) is 5.56 Å². The van der Waals surface area contributed by atoms with E-state index in [2.05, 4.69) is 44.7 Å². The van der Waals surface area contributed by atoms with Crippen molar-refractivity contribution in [3.05, 3.63) is 53.9 Å². The number of benzene rings is 1. The van der Waals surface area contributed by atoms with E-state index in [9.17, 15) is 0 Å². The van der Waals surface area contributed by atoms with E-state index in [0.29, 0.717) is 5.95 Å². The third kappa shape index (κ3) is 2.79. The molecular weight excluding hydrogens is 313 g/mol. The van der Waals surface area contributed by atoms with Crippen molar-refractivity contribution in [2.45, 2.75) is 0 Å². The van der Waals surface area contributed by atoms with Crippen LogP contribution in [0.5, 0.6) is 0 Å². The number of hydrogen-bond donors (Lipinski definition) is 1. The zero-order valence-corrected chi connectivity index (χ0v) is 10.6. The molecule has 0 fully saturated rings. The van der Waals surface area contributed by atoms with Crippen LogP contribution in [-0.4, -0.2) is 9.97 Å². The van der Waals surface area contributed by atoms with Crippen LogP contribution in [0.25, 0.3) is 9.66 Å². The molecule has 2 aromatic rings. The summed E-state index contributed by atoms with van der Waals surface area (Å²) >= 11 is 2.28. The third-order valence-electron chi connectivity index (χ3n) is 2.02. The Bertz CT molecular complexity index is 509. The maximum atomic E-state index is 5.52. The normalized spacial score (nSPS) is 11.4. The van der Waals surface area contributed by atoms with Gasteiger partial charge in [-0.2, -0.15) is 0 Å². The monoisotopic (exact) mass is 323 g/mol. The molecular formula is C12H10IN3. The van der Waals surface area contributed by atoms with Gasteiger partial charge in [-0.15, -0.1) is 0 Å². The summed E-state index contributed by atoms with van der Waals surface area (Å²) in [5.74, 6) is 0.297. The fourth-order valence-electron chi connectivity index (χ4n) is 1.28. The summed E-state index contributed by atoms with van der Waals surface area (Å²) in [6.45, 7) is 0. The fourth-order valence-corrected chi connectivity index (χ4v) is 1.96. The first-order valence-corrected chi connectivity index (χ1v) is 5.85. The van der Waals surface area contributed by atoms with Crippen LogP contribution in [0.1, 0.15) is 11.3 Å². The van der Waals surface area contributed by atoms with Crippen LogP contribution in [0.3, 0.4) is 0 Å². The van der Waals surface area contributed by atoms with Crippen molar-refractivity contribution in [2.75, 3.05) is 5.73 Å². The predicted octanol–water partition coefficient (Wildman–Crippen LogP) is 2.99. The molecule has 4 heteroatoms. The van der Waals surface area contributed by atoms with Crippen molar-refractivity contribution in [1.82, 2.24) is 9.97 Å². The minimum Gasteiger partial charge on any atom is -0.368 e. The Balaban J connectivity index is 2.32. The Hall–Kier alpha value is -1.43. The van der Waals surface area contributed by atoms with Crippen LogP contribution in [0, 0.1) is 0 Å². The van der Waals surface area contributed by atoms with E-state index in [-0.39, 0.29) is 0 Å². The lowest BCUT2D eigenvalue weighted by Gasteiger charge is -1.99. The van der Waals surface area contributed by atoms with Crippen molar-refractivity contribution in [3.63, 3.8) is 0 Å². The molecule has 0 aliphatic heterocycles. The summed E-state index contributed by atoms with van der Waals surface area (Å²) in [6, 6.07) is 12.0. The largest absolute Gasteiger partial charge is 0.368 e. The van der Waals surface area contributed by atoms with Crippen LogP contribution in [-0.2, 0) is 0 Å². The first-order chi connectivity index (χ1) is 7.75. The first-order valence-electron chi connectivity index (χ1n) is 4.77. The Kier molecular flexibility index (Phi) is 3.51. The molecule has 0 bridgehead atoms. The second kappa shape index (κ2) is 5.07. The van der Waals surface area contributed by atoms with Crippen molar-refractivity contribution in [3.8, 4) is 0 Å². The molecule has 0 saturated carbocycles. The maximum Gasteiger partial charge on any atom is 0.220 e. The van der Waals surface area contributed by atoms with Gasteiger partial charge in [0.05, 0.1) is 5.69 Å². The second-order valence-electron chi connectivity index (χ2n) is 3.20. The van der Waals surface area contributed by atoms with Gasteiger partial charge in [0.15, 0.2) is 0 Å². The lowest BCUT2D eigenvalue weighted by Crippen LogP contribution is -1.94. The van der Waals surface area contributed by atoms with Crippen LogP contribution in [0.15, 0.2) is 42.6 Å². The van der Waals surface area contributed by atoms with E-state index in [1.807, 2.05) is 30.3 Å². The smallest absolute Gasteiger partial charge is 0.220 e. The van der Waals surface area contributed by atoms with Gasteiger partial charge in [-0.1, -0.05) is 30.3 Å². The number of aromatic nitrogens is 2. The number of nitrogens with zero attached hydrogens (tertiary/aromatic N) is 2. The average Bonchev–Trinajstić information content (AvgIpc) is 2.30. The Labute approximate surface area is 108 Å². The number of nitrogens with two attached hydrogens (primary N) is 1. The topological polar surface area (TPSA) is 51.8 Å². The van der Waals surface area contributed by atoms with Gasteiger partial charge in [-0.3, -0.25) is 0 Å². The number of halogens is 1. The predicted molar refractivity (Wildman–Crippen MR) is 74.8 cm³/mol. The molecule has 0 unspecified atom stereocenters. The molecule has 0 aliphatic rings. The van der Waals surface area contributed by atoms with Gasteiger partial charge in [0, 0.05) is 9.78 Å². The molecule has 0 saturated heterocycles. The summed E-state index contributed by atoms with van der Waals surface area (Å²) in [5, 5.41) is 0. The molecule has 1 aromatic heterocycles. The van der Waals surface area contributed by atoms with Gasteiger partial charge >= 0.3 is 0 Å². The molecule has 1 aromatic carbocycles. The Morgan fingerprint density at radius 2 is 1.94 bits per heavy atom. The highest BCUT2D eigenvalue weighted by atomic mass is 127. The summed E-state index contributed by atoms with van der Waals surface area (Å²) in [5.41, 5.74) is 7.51. The highest BCUT2D eigenvalue weighted by Crippen LogP contribution is 2.23. The van der Waals surface area contributed by atoms with Crippen LogP contribution in [0.2, 0.25) is 0 Å². The number of anilines is 1. The molecule has 80 valence electrons. The number of rotatable bonds is 2. The van der Waals surface area contributed by atoms with Gasteiger partial charge in [0.1, 0.15) is 0 Å². The number of hydrogen-bond acceptors (Lipinski definition) is 3. The Morgan fingerprint density at radius 3 is 2.62 bits per heavy atom. The highest BCUT2D eigenvalue weighted by Gasteiger charge is 1.98. The summed E-state index contributed by atoms with van der Waals surface area (Å²) in [4.78, 5) is 7.98. The van der Waals surface area contributed by atoms with E-state index in [1.54, 1.807) is 6.20 Å². The minimum atomic E-state index is 0.297. The summed E-state index contributed by atoms with van der Waals surface area (Å²) < 4.78 is 1.12. The highest BCUT2D eigenvalue weighted by molar-refractivity contribution is 14.1. The molecule has 0 spiro atoms. The molecule has 16 heavy (non-hydrogen) atoms. The molecule has 0 amide bonds. The van der Waals surface area contributed by atoms with Crippen molar-refractivity contribution in [1.29, 1.82) is 0 Å². The van der Waals surface area contributed by atoms with Crippen LogP contribution in [0.4, 0.5) is 5.95 Å². The summed E-state index contributed by atoms with van der Waals surface area (Å²) in [7, 11) is 0. The molecule has 1 heterocycles. The van der Waals surface area contributed by atoms with E-state index < -0.39 is 0 Å². The molecule has 0 aliphatic carbocycles.